The highest BCUT2D eigenvalue weighted by Crippen LogP contribution is 2.24. The van der Waals surface area contributed by atoms with E-state index in [9.17, 15) is 9.18 Å². The number of nitrogens with one attached hydrogen (secondary N) is 1. The maximum atomic E-state index is 13.6. The van der Waals surface area contributed by atoms with Gasteiger partial charge in [-0.15, -0.1) is 0 Å². The van der Waals surface area contributed by atoms with Crippen LogP contribution in [0.3, 0.4) is 0 Å². The summed E-state index contributed by atoms with van der Waals surface area (Å²) in [5, 5.41) is 11.8. The van der Waals surface area contributed by atoms with E-state index in [-0.39, 0.29) is 11.1 Å². The molecule has 1 amide bonds. The fourth-order valence-electron chi connectivity index (χ4n) is 1.94. The van der Waals surface area contributed by atoms with E-state index in [1.807, 2.05) is 6.92 Å². The highest BCUT2D eigenvalue weighted by atomic mass is 19.1. The minimum absolute atomic E-state index is 0.178. The number of anilines is 1. The van der Waals surface area contributed by atoms with Gasteiger partial charge in [0.1, 0.15) is 23.2 Å². The first-order chi connectivity index (χ1) is 11.2. The maximum absolute atomic E-state index is 13.6. The predicted molar refractivity (Wildman–Crippen MR) is 86.2 cm³/mol. The highest BCUT2D eigenvalue weighted by Gasteiger charge is 2.13. The standard InChI is InChI=1S/C18H15FN2O2/c1-2-23-17-10-6-5-9-16(17)21-18(22)14(12-20)11-13-7-3-4-8-15(13)19/h3-11H,2H2,1H3,(H,21,22)/b14-11-. The molecule has 2 aromatic rings. The molecule has 116 valence electrons. The predicted octanol–water partition coefficient (Wildman–Crippen LogP) is 3.77. The number of nitriles is 1. The molecular formula is C18H15FN2O2. The fourth-order valence-corrected chi connectivity index (χ4v) is 1.94. The van der Waals surface area contributed by atoms with Crippen LogP contribution in [0.25, 0.3) is 6.08 Å². The summed E-state index contributed by atoms with van der Waals surface area (Å²) in [6.07, 6.45) is 1.22. The lowest BCUT2D eigenvalue weighted by Gasteiger charge is -2.10. The van der Waals surface area contributed by atoms with Crippen molar-refractivity contribution in [2.45, 2.75) is 6.92 Å². The molecule has 0 heterocycles. The summed E-state index contributed by atoms with van der Waals surface area (Å²) in [6.45, 7) is 2.28. The van der Waals surface area contributed by atoms with Crippen molar-refractivity contribution in [2.75, 3.05) is 11.9 Å². The molecule has 0 saturated carbocycles. The summed E-state index contributed by atoms with van der Waals surface area (Å²) in [5.41, 5.74) is 0.438. The second-order valence-electron chi connectivity index (χ2n) is 4.57. The van der Waals surface area contributed by atoms with E-state index in [1.54, 1.807) is 36.4 Å². The van der Waals surface area contributed by atoms with Crippen LogP contribution < -0.4 is 10.1 Å². The topological polar surface area (TPSA) is 62.1 Å². The quantitative estimate of drug-likeness (QED) is 0.675. The molecule has 0 fully saturated rings. The van der Waals surface area contributed by atoms with Crippen LogP contribution >= 0.6 is 0 Å². The zero-order chi connectivity index (χ0) is 16.7. The van der Waals surface area contributed by atoms with Crippen LogP contribution in [0, 0.1) is 17.1 Å². The zero-order valence-electron chi connectivity index (χ0n) is 12.5. The second kappa shape index (κ2) is 7.76. The number of carbonyl (C=O) groups excluding carboxylic acids is 1. The first-order valence-corrected chi connectivity index (χ1v) is 7.05. The Bertz CT molecular complexity index is 779. The van der Waals surface area contributed by atoms with Crippen molar-refractivity contribution < 1.29 is 13.9 Å². The Morgan fingerprint density at radius 1 is 1.26 bits per heavy atom. The van der Waals surface area contributed by atoms with E-state index in [0.717, 1.165) is 0 Å². The summed E-state index contributed by atoms with van der Waals surface area (Å²) in [5.74, 6) is -0.614. The number of benzene rings is 2. The van der Waals surface area contributed by atoms with Crippen LogP contribution in [-0.4, -0.2) is 12.5 Å². The van der Waals surface area contributed by atoms with Gasteiger partial charge in [-0.2, -0.15) is 5.26 Å². The molecule has 2 aromatic carbocycles. The molecule has 0 aromatic heterocycles. The zero-order valence-corrected chi connectivity index (χ0v) is 12.5. The van der Waals surface area contributed by atoms with Gasteiger partial charge in [0.05, 0.1) is 12.3 Å². The van der Waals surface area contributed by atoms with Crippen LogP contribution in [0.4, 0.5) is 10.1 Å². The third-order valence-electron chi connectivity index (χ3n) is 3.01. The van der Waals surface area contributed by atoms with Crippen LogP contribution in [0.15, 0.2) is 54.1 Å². The summed E-state index contributed by atoms with van der Waals surface area (Å²) in [6, 6.07) is 14.6. The Morgan fingerprint density at radius 2 is 1.96 bits per heavy atom. The van der Waals surface area contributed by atoms with Crippen molar-refractivity contribution in [1.29, 1.82) is 5.26 Å². The number of rotatable bonds is 5. The summed E-state index contributed by atoms with van der Waals surface area (Å²) in [4.78, 5) is 12.2. The Hall–Kier alpha value is -3.13. The molecule has 1 N–H and O–H groups in total. The Kier molecular flexibility index (Phi) is 5.48. The van der Waals surface area contributed by atoms with Gasteiger partial charge in [-0.1, -0.05) is 30.3 Å². The molecule has 0 aliphatic heterocycles. The number of ether oxygens (including phenoxy) is 1. The Balaban J connectivity index is 2.25. The van der Waals surface area contributed by atoms with Crippen molar-refractivity contribution in [3.8, 4) is 11.8 Å². The van der Waals surface area contributed by atoms with Gasteiger partial charge in [0.2, 0.25) is 0 Å². The number of hydrogen-bond donors (Lipinski definition) is 1. The van der Waals surface area contributed by atoms with Crippen molar-refractivity contribution in [2.24, 2.45) is 0 Å². The first-order valence-electron chi connectivity index (χ1n) is 7.05. The molecule has 4 nitrogen and oxygen atoms in total. The smallest absolute Gasteiger partial charge is 0.266 e. The molecule has 0 radical (unpaired) electrons. The monoisotopic (exact) mass is 310 g/mol. The fraction of sp³-hybridized carbons (Fsp3) is 0.111. The lowest BCUT2D eigenvalue weighted by molar-refractivity contribution is -0.112. The lowest BCUT2D eigenvalue weighted by Crippen LogP contribution is -2.14. The molecule has 5 heteroatoms. The Labute approximate surface area is 133 Å². The third kappa shape index (κ3) is 4.17. The van der Waals surface area contributed by atoms with Crippen LogP contribution in [-0.2, 0) is 4.79 Å². The van der Waals surface area contributed by atoms with E-state index in [1.165, 1.54) is 24.3 Å². The molecule has 0 spiro atoms. The minimum Gasteiger partial charge on any atom is -0.492 e. The molecule has 0 bridgehead atoms. The largest absolute Gasteiger partial charge is 0.492 e. The van der Waals surface area contributed by atoms with Gasteiger partial charge < -0.3 is 10.1 Å². The molecule has 0 aliphatic carbocycles. The van der Waals surface area contributed by atoms with Gasteiger partial charge in [0.25, 0.3) is 5.91 Å². The van der Waals surface area contributed by atoms with E-state index in [4.69, 9.17) is 10.00 Å². The van der Waals surface area contributed by atoms with Gasteiger partial charge in [0, 0.05) is 5.56 Å². The normalized spacial score (nSPS) is 10.7. The summed E-state index contributed by atoms with van der Waals surface area (Å²) < 4.78 is 19.0. The van der Waals surface area contributed by atoms with Crippen molar-refractivity contribution in [3.63, 3.8) is 0 Å². The molecule has 0 unspecified atom stereocenters. The highest BCUT2D eigenvalue weighted by molar-refractivity contribution is 6.10. The van der Waals surface area contributed by atoms with Gasteiger partial charge in [-0.25, -0.2) is 4.39 Å². The number of hydrogen-bond acceptors (Lipinski definition) is 3. The van der Waals surface area contributed by atoms with Gasteiger partial charge >= 0.3 is 0 Å². The SMILES string of the molecule is CCOc1ccccc1NC(=O)/C(C#N)=C\c1ccccc1F. The van der Waals surface area contributed by atoms with E-state index in [0.29, 0.717) is 18.0 Å². The van der Waals surface area contributed by atoms with Crippen molar-refractivity contribution >= 4 is 17.7 Å². The van der Waals surface area contributed by atoms with E-state index in [2.05, 4.69) is 5.32 Å². The molecule has 0 aliphatic rings. The molecule has 23 heavy (non-hydrogen) atoms. The number of nitrogens with zero attached hydrogens (tertiary/aromatic N) is 1. The number of halogens is 1. The lowest BCUT2D eigenvalue weighted by atomic mass is 10.1. The molecule has 0 saturated heterocycles. The third-order valence-corrected chi connectivity index (χ3v) is 3.01. The van der Waals surface area contributed by atoms with Gasteiger partial charge in [-0.05, 0) is 31.2 Å². The summed E-state index contributed by atoms with van der Waals surface area (Å²) in [7, 11) is 0. The number of amides is 1. The molecule has 0 atom stereocenters. The Morgan fingerprint density at radius 3 is 2.65 bits per heavy atom. The molecular weight excluding hydrogens is 295 g/mol. The van der Waals surface area contributed by atoms with Gasteiger partial charge in [0.15, 0.2) is 0 Å². The van der Waals surface area contributed by atoms with Crippen LogP contribution in [0.5, 0.6) is 5.75 Å². The number of para-hydroxylation sites is 2. The minimum atomic E-state index is -0.622. The summed E-state index contributed by atoms with van der Waals surface area (Å²) >= 11 is 0. The van der Waals surface area contributed by atoms with Crippen LogP contribution in [0.2, 0.25) is 0 Å². The average Bonchev–Trinajstić information content (AvgIpc) is 2.56. The van der Waals surface area contributed by atoms with Crippen molar-refractivity contribution in [3.05, 3.63) is 65.5 Å². The first kappa shape index (κ1) is 16.2. The van der Waals surface area contributed by atoms with E-state index < -0.39 is 11.7 Å². The van der Waals surface area contributed by atoms with Crippen molar-refractivity contribution in [1.82, 2.24) is 0 Å². The van der Waals surface area contributed by atoms with Crippen LogP contribution in [0.1, 0.15) is 12.5 Å². The van der Waals surface area contributed by atoms with E-state index >= 15 is 0 Å². The average molecular weight is 310 g/mol. The second-order valence-corrected chi connectivity index (χ2v) is 4.57. The molecule has 2 rings (SSSR count). The maximum Gasteiger partial charge on any atom is 0.266 e. The number of carbonyl (C=O) groups is 1. The van der Waals surface area contributed by atoms with Gasteiger partial charge in [-0.3, -0.25) is 4.79 Å².